The van der Waals surface area contributed by atoms with Crippen molar-refractivity contribution in [2.45, 2.75) is 39.8 Å². The number of hydrogen-bond acceptors (Lipinski definition) is 3. The Hall–Kier alpha value is -0.870. The topological polar surface area (TPSA) is 33.1 Å². The first-order chi connectivity index (χ1) is 8.19. The first-order valence-corrected chi connectivity index (χ1v) is 6.58. The Kier molecular flexibility index (Phi) is 6.22. The van der Waals surface area contributed by atoms with Gasteiger partial charge in [-0.3, -0.25) is 4.68 Å². The lowest BCUT2D eigenvalue weighted by Gasteiger charge is -2.12. The molecule has 17 heavy (non-hydrogen) atoms. The molecule has 1 rings (SSSR count). The van der Waals surface area contributed by atoms with Crippen LogP contribution in [0.15, 0.2) is 6.20 Å². The molecule has 0 aliphatic carbocycles. The molecule has 1 aromatic rings. The maximum Gasteiger partial charge on any atom is 0.0539 e. The van der Waals surface area contributed by atoms with Crippen molar-refractivity contribution in [3.63, 3.8) is 0 Å². The Morgan fingerprint density at radius 3 is 2.71 bits per heavy atom. The summed E-state index contributed by atoms with van der Waals surface area (Å²) in [5, 5.41) is 7.93. The zero-order valence-corrected chi connectivity index (χ0v) is 11.7. The van der Waals surface area contributed by atoms with Gasteiger partial charge in [0, 0.05) is 24.3 Å². The lowest BCUT2D eigenvalue weighted by Crippen LogP contribution is -2.20. The minimum Gasteiger partial charge on any atom is -0.313 e. The van der Waals surface area contributed by atoms with E-state index in [0.717, 1.165) is 32.6 Å². The first-order valence-electron chi connectivity index (χ1n) is 6.58. The second-order valence-corrected chi connectivity index (χ2v) is 4.67. The summed E-state index contributed by atoms with van der Waals surface area (Å²) in [5.41, 5.74) is 2.72. The summed E-state index contributed by atoms with van der Waals surface area (Å²) in [6.07, 6.45) is 4.24. The lowest BCUT2D eigenvalue weighted by atomic mass is 10.2. The summed E-state index contributed by atoms with van der Waals surface area (Å²) in [7, 11) is 4.19. The van der Waals surface area contributed by atoms with Crippen LogP contribution in [-0.2, 0) is 19.5 Å². The van der Waals surface area contributed by atoms with E-state index in [0.29, 0.717) is 0 Å². The second-order valence-electron chi connectivity index (χ2n) is 4.67. The lowest BCUT2D eigenvalue weighted by molar-refractivity contribution is 0.369. The Bertz CT molecular complexity index is 317. The molecule has 1 aromatic heterocycles. The third-order valence-corrected chi connectivity index (χ3v) is 2.87. The summed E-state index contributed by atoms with van der Waals surface area (Å²) in [5.74, 6) is 0. The number of nitrogens with zero attached hydrogens (tertiary/aromatic N) is 3. The molecular weight excluding hydrogens is 212 g/mol. The van der Waals surface area contributed by atoms with Crippen molar-refractivity contribution in [3.05, 3.63) is 17.5 Å². The largest absolute Gasteiger partial charge is 0.313 e. The van der Waals surface area contributed by atoms with Crippen LogP contribution in [0.4, 0.5) is 0 Å². The van der Waals surface area contributed by atoms with Crippen LogP contribution in [0.1, 0.15) is 31.5 Å². The molecule has 1 heterocycles. The molecular formula is C13H26N4. The van der Waals surface area contributed by atoms with E-state index in [1.54, 1.807) is 0 Å². The Morgan fingerprint density at radius 1 is 1.35 bits per heavy atom. The summed E-state index contributed by atoms with van der Waals surface area (Å²) in [6, 6.07) is 0. The van der Waals surface area contributed by atoms with Gasteiger partial charge in [0.1, 0.15) is 0 Å². The fourth-order valence-electron chi connectivity index (χ4n) is 1.89. The SMILES string of the molecule is CCCNCc1cnn(CCN(C)C)c1CC. The molecule has 0 aliphatic rings. The normalized spacial score (nSPS) is 11.4. The van der Waals surface area contributed by atoms with Crippen LogP contribution in [-0.4, -0.2) is 41.9 Å². The third kappa shape index (κ3) is 4.48. The highest BCUT2D eigenvalue weighted by Crippen LogP contribution is 2.09. The Labute approximate surface area is 105 Å². The number of likely N-dealkylation sites (N-methyl/N-ethyl adjacent to an activating group) is 1. The molecule has 0 saturated carbocycles. The van der Waals surface area contributed by atoms with Crippen molar-refractivity contribution < 1.29 is 0 Å². The molecule has 0 saturated heterocycles. The van der Waals surface area contributed by atoms with Gasteiger partial charge in [-0.1, -0.05) is 13.8 Å². The maximum absolute atomic E-state index is 4.49. The van der Waals surface area contributed by atoms with Crippen molar-refractivity contribution in [1.82, 2.24) is 20.0 Å². The molecule has 0 amide bonds. The van der Waals surface area contributed by atoms with Gasteiger partial charge >= 0.3 is 0 Å². The fourth-order valence-corrected chi connectivity index (χ4v) is 1.89. The second kappa shape index (κ2) is 7.45. The fraction of sp³-hybridized carbons (Fsp3) is 0.769. The summed E-state index contributed by atoms with van der Waals surface area (Å²) >= 11 is 0. The highest BCUT2D eigenvalue weighted by Gasteiger charge is 2.08. The molecule has 0 unspecified atom stereocenters. The number of nitrogens with one attached hydrogen (secondary N) is 1. The Balaban J connectivity index is 2.59. The molecule has 0 spiro atoms. The summed E-state index contributed by atoms with van der Waals surface area (Å²) in [4.78, 5) is 2.19. The van der Waals surface area contributed by atoms with Gasteiger partial charge in [-0.05, 0) is 33.5 Å². The number of aromatic nitrogens is 2. The van der Waals surface area contributed by atoms with Gasteiger partial charge in [0.25, 0.3) is 0 Å². The zero-order valence-electron chi connectivity index (χ0n) is 11.7. The minimum atomic E-state index is 0.943. The predicted molar refractivity (Wildman–Crippen MR) is 72.2 cm³/mol. The van der Waals surface area contributed by atoms with Crippen LogP contribution < -0.4 is 5.32 Å². The van der Waals surface area contributed by atoms with Crippen LogP contribution in [0.3, 0.4) is 0 Å². The van der Waals surface area contributed by atoms with E-state index in [1.165, 1.54) is 17.7 Å². The predicted octanol–water partition coefficient (Wildman–Crippen LogP) is 1.51. The van der Waals surface area contributed by atoms with Crippen LogP contribution in [0.5, 0.6) is 0 Å². The van der Waals surface area contributed by atoms with Crippen molar-refractivity contribution in [3.8, 4) is 0 Å². The molecule has 0 atom stereocenters. The molecule has 0 fully saturated rings. The summed E-state index contributed by atoms with van der Waals surface area (Å²) < 4.78 is 2.14. The van der Waals surface area contributed by atoms with Gasteiger partial charge in [-0.2, -0.15) is 5.10 Å². The van der Waals surface area contributed by atoms with Crippen molar-refractivity contribution >= 4 is 0 Å². The van der Waals surface area contributed by atoms with Crippen LogP contribution in [0, 0.1) is 0 Å². The molecule has 4 heteroatoms. The maximum atomic E-state index is 4.49. The van der Waals surface area contributed by atoms with Gasteiger partial charge in [-0.15, -0.1) is 0 Å². The van der Waals surface area contributed by atoms with Crippen molar-refractivity contribution in [1.29, 1.82) is 0 Å². The van der Waals surface area contributed by atoms with Crippen LogP contribution >= 0.6 is 0 Å². The Morgan fingerprint density at radius 2 is 2.12 bits per heavy atom. The van der Waals surface area contributed by atoms with Crippen molar-refractivity contribution in [2.24, 2.45) is 0 Å². The number of hydrogen-bond donors (Lipinski definition) is 1. The van der Waals surface area contributed by atoms with Gasteiger partial charge in [0.05, 0.1) is 12.7 Å². The van der Waals surface area contributed by atoms with E-state index in [2.05, 4.69) is 47.9 Å². The van der Waals surface area contributed by atoms with E-state index in [4.69, 9.17) is 0 Å². The van der Waals surface area contributed by atoms with E-state index in [-0.39, 0.29) is 0 Å². The number of rotatable bonds is 8. The molecule has 0 aliphatic heterocycles. The molecule has 0 bridgehead atoms. The third-order valence-electron chi connectivity index (χ3n) is 2.87. The van der Waals surface area contributed by atoms with E-state index >= 15 is 0 Å². The highest BCUT2D eigenvalue weighted by molar-refractivity contribution is 5.17. The van der Waals surface area contributed by atoms with Gasteiger partial charge in [-0.25, -0.2) is 0 Å². The van der Waals surface area contributed by atoms with Gasteiger partial charge in [0.15, 0.2) is 0 Å². The molecule has 0 radical (unpaired) electrons. The standard InChI is InChI=1S/C13H26N4/c1-5-7-14-10-12-11-15-17(13(12)6-2)9-8-16(3)4/h11,14H,5-10H2,1-4H3. The van der Waals surface area contributed by atoms with Gasteiger partial charge in [0.2, 0.25) is 0 Å². The van der Waals surface area contributed by atoms with Gasteiger partial charge < -0.3 is 10.2 Å². The summed E-state index contributed by atoms with van der Waals surface area (Å²) in [6.45, 7) is 8.42. The van der Waals surface area contributed by atoms with Crippen LogP contribution in [0.25, 0.3) is 0 Å². The first kappa shape index (κ1) is 14.2. The monoisotopic (exact) mass is 238 g/mol. The van der Waals surface area contributed by atoms with E-state index in [9.17, 15) is 0 Å². The van der Waals surface area contributed by atoms with E-state index in [1.807, 2.05) is 6.20 Å². The average Bonchev–Trinajstić information content (AvgIpc) is 2.69. The quantitative estimate of drug-likeness (QED) is 0.697. The molecule has 98 valence electrons. The molecule has 4 nitrogen and oxygen atoms in total. The van der Waals surface area contributed by atoms with Crippen molar-refractivity contribution in [2.75, 3.05) is 27.2 Å². The minimum absolute atomic E-state index is 0.943. The van der Waals surface area contributed by atoms with E-state index < -0.39 is 0 Å². The average molecular weight is 238 g/mol. The molecule has 0 aromatic carbocycles. The smallest absolute Gasteiger partial charge is 0.0539 e. The molecule has 1 N–H and O–H groups in total. The highest BCUT2D eigenvalue weighted by atomic mass is 15.3. The zero-order chi connectivity index (χ0) is 12.7. The van der Waals surface area contributed by atoms with Crippen LogP contribution in [0.2, 0.25) is 0 Å².